The van der Waals surface area contributed by atoms with Crippen molar-refractivity contribution in [3.05, 3.63) is 70.0 Å². The zero-order valence-electron chi connectivity index (χ0n) is 16.1. The van der Waals surface area contributed by atoms with Crippen LogP contribution in [-0.4, -0.2) is 46.2 Å². The van der Waals surface area contributed by atoms with Crippen LogP contribution < -0.4 is 0 Å². The highest BCUT2D eigenvalue weighted by Gasteiger charge is 2.30. The van der Waals surface area contributed by atoms with Crippen molar-refractivity contribution in [3.8, 4) is 11.5 Å². The minimum atomic E-state index is -4.30. The van der Waals surface area contributed by atoms with Gasteiger partial charge in [0.05, 0.1) is 17.7 Å². The molecule has 4 rings (SSSR count). The number of halogens is 4. The van der Waals surface area contributed by atoms with Gasteiger partial charge in [0, 0.05) is 37.2 Å². The van der Waals surface area contributed by atoms with Crippen molar-refractivity contribution in [1.82, 2.24) is 20.0 Å². The summed E-state index contributed by atoms with van der Waals surface area (Å²) < 4.78 is 44.8. The molecule has 5 nitrogen and oxygen atoms in total. The molecule has 9 heteroatoms. The van der Waals surface area contributed by atoms with Crippen molar-refractivity contribution in [2.45, 2.75) is 19.3 Å². The van der Waals surface area contributed by atoms with Gasteiger partial charge in [0.2, 0.25) is 11.8 Å². The summed E-state index contributed by atoms with van der Waals surface area (Å²) >= 11 is 3.49. The quantitative estimate of drug-likeness (QED) is 0.522. The maximum absolute atomic E-state index is 12.7. The van der Waals surface area contributed by atoms with Gasteiger partial charge < -0.3 is 4.42 Å². The molecule has 0 spiro atoms. The second-order valence-corrected chi connectivity index (χ2v) is 8.08. The van der Waals surface area contributed by atoms with Gasteiger partial charge in [-0.05, 0) is 45.8 Å². The third-order valence-electron chi connectivity index (χ3n) is 5.08. The van der Waals surface area contributed by atoms with Crippen LogP contribution in [0.2, 0.25) is 0 Å². The maximum atomic E-state index is 12.7. The molecule has 2 heterocycles. The Bertz CT molecular complexity index is 982. The first kappa shape index (κ1) is 21.0. The smallest absolute Gasteiger partial charge is 0.416 e. The Labute approximate surface area is 180 Å². The van der Waals surface area contributed by atoms with Crippen LogP contribution in [0.5, 0.6) is 0 Å². The molecule has 0 saturated carbocycles. The van der Waals surface area contributed by atoms with Crippen molar-refractivity contribution in [2.24, 2.45) is 0 Å². The molecule has 1 fully saturated rings. The van der Waals surface area contributed by atoms with E-state index < -0.39 is 11.7 Å². The zero-order chi connectivity index (χ0) is 21.1. The summed E-state index contributed by atoms with van der Waals surface area (Å²) in [5, 5.41) is 8.30. The summed E-state index contributed by atoms with van der Waals surface area (Å²) in [5.41, 5.74) is 1.13. The van der Waals surface area contributed by atoms with E-state index >= 15 is 0 Å². The summed E-state index contributed by atoms with van der Waals surface area (Å²) in [6.07, 6.45) is -4.30. The minimum Gasteiger partial charge on any atom is -0.419 e. The Kier molecular flexibility index (Phi) is 6.21. The number of rotatable bonds is 5. The minimum absolute atomic E-state index is 0.485. The first-order valence-electron chi connectivity index (χ1n) is 9.56. The number of aromatic nitrogens is 2. The molecular weight excluding hydrogens is 461 g/mol. The van der Waals surface area contributed by atoms with Crippen LogP contribution in [0.15, 0.2) is 57.4 Å². The van der Waals surface area contributed by atoms with Gasteiger partial charge in [0.1, 0.15) is 0 Å². The fraction of sp³-hybridized carbons (Fsp3) is 0.333. The third-order valence-corrected chi connectivity index (χ3v) is 5.77. The van der Waals surface area contributed by atoms with Gasteiger partial charge in [0.15, 0.2) is 0 Å². The molecule has 1 aliphatic rings. The highest BCUT2D eigenvalue weighted by atomic mass is 79.9. The summed E-state index contributed by atoms with van der Waals surface area (Å²) in [6, 6.07) is 13.1. The molecule has 0 radical (unpaired) electrons. The molecule has 2 aromatic carbocycles. The molecule has 30 heavy (non-hydrogen) atoms. The Morgan fingerprint density at radius 3 is 2.13 bits per heavy atom. The third kappa shape index (κ3) is 5.08. The lowest BCUT2D eigenvalue weighted by molar-refractivity contribution is -0.137. The average molecular weight is 481 g/mol. The first-order chi connectivity index (χ1) is 14.4. The average Bonchev–Trinajstić information content (AvgIpc) is 3.18. The number of hydrogen-bond donors (Lipinski definition) is 0. The largest absolute Gasteiger partial charge is 0.419 e. The van der Waals surface area contributed by atoms with Gasteiger partial charge in [-0.3, -0.25) is 9.80 Å². The predicted octanol–water partition coefficient (Wildman–Crippen LogP) is 4.84. The molecular formula is C21H20BrF3N4O. The van der Waals surface area contributed by atoms with Crippen molar-refractivity contribution < 1.29 is 17.6 Å². The van der Waals surface area contributed by atoms with Crippen LogP contribution in [0.4, 0.5) is 13.2 Å². The second kappa shape index (κ2) is 8.87. The highest BCUT2D eigenvalue weighted by Crippen LogP contribution is 2.29. The molecule has 0 unspecified atom stereocenters. The fourth-order valence-corrected chi connectivity index (χ4v) is 3.87. The molecule has 158 valence electrons. The topological polar surface area (TPSA) is 45.4 Å². The van der Waals surface area contributed by atoms with E-state index in [0.29, 0.717) is 24.9 Å². The van der Waals surface area contributed by atoms with Crippen LogP contribution in [0.25, 0.3) is 11.5 Å². The van der Waals surface area contributed by atoms with Crippen molar-refractivity contribution in [1.29, 1.82) is 0 Å². The van der Waals surface area contributed by atoms with E-state index in [1.54, 1.807) is 12.1 Å². The Balaban J connectivity index is 1.29. The van der Waals surface area contributed by atoms with Crippen LogP contribution >= 0.6 is 15.9 Å². The Hall–Kier alpha value is -2.23. The molecule has 0 atom stereocenters. The number of piperazine rings is 1. The van der Waals surface area contributed by atoms with Crippen molar-refractivity contribution in [2.75, 3.05) is 26.2 Å². The van der Waals surface area contributed by atoms with Crippen LogP contribution in [-0.2, 0) is 19.3 Å². The normalized spacial score (nSPS) is 16.1. The number of hydrogen-bond acceptors (Lipinski definition) is 5. The lowest BCUT2D eigenvalue weighted by Gasteiger charge is -2.34. The van der Waals surface area contributed by atoms with Crippen LogP contribution in [0, 0.1) is 0 Å². The Morgan fingerprint density at radius 1 is 0.867 bits per heavy atom. The number of alkyl halides is 3. The van der Waals surface area contributed by atoms with E-state index in [-0.39, 0.29) is 0 Å². The van der Waals surface area contributed by atoms with Gasteiger partial charge >= 0.3 is 6.18 Å². The monoisotopic (exact) mass is 480 g/mol. The van der Waals surface area contributed by atoms with Crippen LogP contribution in [0.3, 0.4) is 0 Å². The summed E-state index contributed by atoms with van der Waals surface area (Å²) in [4.78, 5) is 4.47. The number of benzene rings is 2. The molecule has 3 aromatic rings. The lowest BCUT2D eigenvalue weighted by atomic mass is 10.1. The van der Waals surface area contributed by atoms with E-state index in [1.165, 1.54) is 0 Å². The van der Waals surface area contributed by atoms with E-state index in [1.807, 2.05) is 24.3 Å². The van der Waals surface area contributed by atoms with E-state index in [0.717, 1.165) is 53.9 Å². The molecule has 1 aliphatic heterocycles. The zero-order valence-corrected chi connectivity index (χ0v) is 17.7. The molecule has 1 saturated heterocycles. The van der Waals surface area contributed by atoms with Crippen molar-refractivity contribution >= 4 is 15.9 Å². The molecule has 0 bridgehead atoms. The van der Waals surface area contributed by atoms with Crippen LogP contribution in [0.1, 0.15) is 17.0 Å². The predicted molar refractivity (Wildman–Crippen MR) is 109 cm³/mol. The van der Waals surface area contributed by atoms with Gasteiger partial charge in [-0.15, -0.1) is 10.2 Å². The summed E-state index contributed by atoms with van der Waals surface area (Å²) in [5.74, 6) is 1.05. The van der Waals surface area contributed by atoms with Gasteiger partial charge in [0.25, 0.3) is 0 Å². The maximum Gasteiger partial charge on any atom is 0.416 e. The standard InChI is InChI=1S/C21H20BrF3N4O/c22-18-4-2-1-3-17(18)20-27-26-19(30-20)14-29-11-9-28(10-12-29)13-15-5-7-16(8-6-15)21(23,24)25/h1-8H,9-14H2. The van der Waals surface area contributed by atoms with Gasteiger partial charge in [-0.25, -0.2) is 0 Å². The first-order valence-corrected chi connectivity index (χ1v) is 10.4. The van der Waals surface area contributed by atoms with Gasteiger partial charge in [-0.1, -0.05) is 24.3 Å². The molecule has 0 aliphatic carbocycles. The van der Waals surface area contributed by atoms with E-state index in [9.17, 15) is 13.2 Å². The second-order valence-electron chi connectivity index (χ2n) is 7.23. The van der Waals surface area contributed by atoms with Crippen molar-refractivity contribution in [3.63, 3.8) is 0 Å². The lowest BCUT2D eigenvalue weighted by Crippen LogP contribution is -2.45. The fourth-order valence-electron chi connectivity index (χ4n) is 3.42. The molecule has 0 N–H and O–H groups in total. The molecule has 0 amide bonds. The summed E-state index contributed by atoms with van der Waals surface area (Å²) in [7, 11) is 0. The molecule has 1 aromatic heterocycles. The van der Waals surface area contributed by atoms with Gasteiger partial charge in [-0.2, -0.15) is 13.2 Å². The summed E-state index contributed by atoms with van der Waals surface area (Å²) in [6.45, 7) is 4.52. The highest BCUT2D eigenvalue weighted by molar-refractivity contribution is 9.10. The van der Waals surface area contributed by atoms with E-state index in [2.05, 4.69) is 35.9 Å². The van der Waals surface area contributed by atoms with E-state index in [4.69, 9.17) is 4.42 Å². The number of nitrogens with zero attached hydrogens (tertiary/aromatic N) is 4. The Morgan fingerprint density at radius 2 is 1.50 bits per heavy atom. The SMILES string of the molecule is FC(F)(F)c1ccc(CN2CCN(Cc3nnc(-c4ccccc4Br)o3)CC2)cc1.